The van der Waals surface area contributed by atoms with Crippen molar-refractivity contribution in [3.05, 3.63) is 24.3 Å². The smallest absolute Gasteiger partial charge is 0.307 e. The van der Waals surface area contributed by atoms with Gasteiger partial charge in [-0.15, -0.1) is 0 Å². The Morgan fingerprint density at radius 1 is 1.22 bits per heavy atom. The number of rotatable bonds is 6. The van der Waals surface area contributed by atoms with E-state index in [1.807, 2.05) is 18.2 Å². The topological polar surface area (TPSA) is 75.6 Å². The standard InChI is InChI=1S/C18H25NO4/c1-12(2)11-23-16-10-6-5-9-15(16)19-17(20)13-7-3-4-8-14(13)18(21)22/h5-6,9-10,12-14H,3-4,7-8,11H2,1-2H3,(H,19,20)(H,21,22)/t13-,14+/m0/s1. The number of amides is 1. The zero-order chi connectivity index (χ0) is 16.8. The van der Waals surface area contributed by atoms with Gasteiger partial charge in [0.1, 0.15) is 5.75 Å². The molecule has 2 rings (SSSR count). The normalized spacial score (nSPS) is 21.0. The van der Waals surface area contributed by atoms with Gasteiger partial charge in [0, 0.05) is 0 Å². The fourth-order valence-corrected chi connectivity index (χ4v) is 2.92. The molecule has 0 saturated heterocycles. The van der Waals surface area contributed by atoms with Crippen molar-refractivity contribution in [1.29, 1.82) is 0 Å². The number of anilines is 1. The Kier molecular flexibility index (Phi) is 6.02. The van der Waals surface area contributed by atoms with E-state index in [1.165, 1.54) is 0 Å². The van der Waals surface area contributed by atoms with Gasteiger partial charge < -0.3 is 15.2 Å². The lowest BCUT2D eigenvalue weighted by molar-refractivity contribution is -0.147. The van der Waals surface area contributed by atoms with Crippen molar-refractivity contribution < 1.29 is 19.4 Å². The van der Waals surface area contributed by atoms with Crippen LogP contribution in [-0.2, 0) is 9.59 Å². The fourth-order valence-electron chi connectivity index (χ4n) is 2.92. The highest BCUT2D eigenvalue weighted by Crippen LogP contribution is 2.32. The van der Waals surface area contributed by atoms with Crippen molar-refractivity contribution in [2.75, 3.05) is 11.9 Å². The monoisotopic (exact) mass is 319 g/mol. The lowest BCUT2D eigenvalue weighted by Gasteiger charge is -2.27. The molecule has 1 aliphatic carbocycles. The number of ether oxygens (including phenoxy) is 1. The molecular weight excluding hydrogens is 294 g/mol. The first-order chi connectivity index (χ1) is 11.0. The summed E-state index contributed by atoms with van der Waals surface area (Å²) in [5.74, 6) is -1.16. The molecule has 0 bridgehead atoms. The summed E-state index contributed by atoms with van der Waals surface area (Å²) < 4.78 is 5.73. The van der Waals surface area contributed by atoms with Gasteiger partial charge in [-0.05, 0) is 30.9 Å². The number of para-hydroxylation sites is 2. The second kappa shape index (κ2) is 7.99. The third-order valence-corrected chi connectivity index (χ3v) is 4.14. The van der Waals surface area contributed by atoms with Gasteiger partial charge in [0.15, 0.2) is 0 Å². The summed E-state index contributed by atoms with van der Waals surface area (Å²) in [4.78, 5) is 23.9. The number of aliphatic carboxylic acids is 1. The van der Waals surface area contributed by atoms with Crippen molar-refractivity contribution in [2.45, 2.75) is 39.5 Å². The highest BCUT2D eigenvalue weighted by atomic mass is 16.5. The van der Waals surface area contributed by atoms with E-state index in [2.05, 4.69) is 19.2 Å². The molecule has 1 amide bonds. The number of carboxylic acids is 1. The molecule has 0 heterocycles. The molecule has 2 N–H and O–H groups in total. The lowest BCUT2D eigenvalue weighted by atomic mass is 9.78. The van der Waals surface area contributed by atoms with Crippen LogP contribution >= 0.6 is 0 Å². The highest BCUT2D eigenvalue weighted by Gasteiger charge is 2.35. The van der Waals surface area contributed by atoms with E-state index in [9.17, 15) is 14.7 Å². The van der Waals surface area contributed by atoms with Crippen molar-refractivity contribution >= 4 is 17.6 Å². The summed E-state index contributed by atoms with van der Waals surface area (Å²) in [6, 6.07) is 7.28. The van der Waals surface area contributed by atoms with E-state index in [4.69, 9.17) is 4.74 Å². The molecule has 0 spiro atoms. The number of carbonyl (C=O) groups excluding carboxylic acids is 1. The maximum absolute atomic E-state index is 12.5. The molecule has 1 fully saturated rings. The fraction of sp³-hybridized carbons (Fsp3) is 0.556. The predicted molar refractivity (Wildman–Crippen MR) is 88.5 cm³/mol. The van der Waals surface area contributed by atoms with Crippen LogP contribution in [0.1, 0.15) is 39.5 Å². The quantitative estimate of drug-likeness (QED) is 0.841. The van der Waals surface area contributed by atoms with Crippen LogP contribution in [0.4, 0.5) is 5.69 Å². The second-order valence-corrected chi connectivity index (χ2v) is 6.53. The third kappa shape index (κ3) is 4.71. The SMILES string of the molecule is CC(C)COc1ccccc1NC(=O)[C@H]1CCCC[C@H]1C(=O)O. The molecule has 0 unspecified atom stereocenters. The number of carbonyl (C=O) groups is 2. The highest BCUT2D eigenvalue weighted by molar-refractivity contribution is 5.96. The van der Waals surface area contributed by atoms with Crippen LogP contribution in [0.15, 0.2) is 24.3 Å². The van der Waals surface area contributed by atoms with Crippen molar-refractivity contribution in [3.63, 3.8) is 0 Å². The summed E-state index contributed by atoms with van der Waals surface area (Å²) in [5.41, 5.74) is 0.605. The first-order valence-corrected chi connectivity index (χ1v) is 8.24. The first kappa shape index (κ1) is 17.3. The summed E-state index contributed by atoms with van der Waals surface area (Å²) >= 11 is 0. The van der Waals surface area contributed by atoms with E-state index >= 15 is 0 Å². The molecule has 5 heteroatoms. The average Bonchev–Trinajstić information content (AvgIpc) is 2.53. The van der Waals surface area contributed by atoms with Crippen LogP contribution in [0.25, 0.3) is 0 Å². The molecule has 0 radical (unpaired) electrons. The average molecular weight is 319 g/mol. The lowest BCUT2D eigenvalue weighted by Crippen LogP contribution is -2.36. The van der Waals surface area contributed by atoms with Gasteiger partial charge in [-0.1, -0.05) is 38.8 Å². The molecule has 1 aliphatic rings. The minimum absolute atomic E-state index is 0.224. The van der Waals surface area contributed by atoms with Crippen LogP contribution in [0.3, 0.4) is 0 Å². The van der Waals surface area contributed by atoms with Gasteiger partial charge in [0.2, 0.25) is 5.91 Å². The van der Waals surface area contributed by atoms with Gasteiger partial charge in [-0.3, -0.25) is 9.59 Å². The Labute approximate surface area is 137 Å². The van der Waals surface area contributed by atoms with E-state index in [1.54, 1.807) is 6.07 Å². The number of hydrogen-bond acceptors (Lipinski definition) is 3. The largest absolute Gasteiger partial charge is 0.491 e. The van der Waals surface area contributed by atoms with E-state index in [0.717, 1.165) is 12.8 Å². The molecule has 2 atom stereocenters. The number of hydrogen-bond donors (Lipinski definition) is 2. The second-order valence-electron chi connectivity index (χ2n) is 6.53. The number of nitrogens with one attached hydrogen (secondary N) is 1. The summed E-state index contributed by atoms with van der Waals surface area (Å²) in [7, 11) is 0. The van der Waals surface area contributed by atoms with Crippen LogP contribution < -0.4 is 10.1 Å². The van der Waals surface area contributed by atoms with Crippen molar-refractivity contribution in [3.8, 4) is 5.75 Å². The molecular formula is C18H25NO4. The van der Waals surface area contributed by atoms with Gasteiger partial charge in [0.25, 0.3) is 0 Å². The van der Waals surface area contributed by atoms with Gasteiger partial charge in [-0.2, -0.15) is 0 Å². The molecule has 1 aromatic rings. The van der Waals surface area contributed by atoms with Crippen LogP contribution in [0.5, 0.6) is 5.75 Å². The van der Waals surface area contributed by atoms with Gasteiger partial charge >= 0.3 is 5.97 Å². The molecule has 1 saturated carbocycles. The molecule has 5 nitrogen and oxygen atoms in total. The Balaban J connectivity index is 2.08. The maximum Gasteiger partial charge on any atom is 0.307 e. The van der Waals surface area contributed by atoms with Crippen LogP contribution in [0, 0.1) is 17.8 Å². The molecule has 126 valence electrons. The minimum atomic E-state index is -0.880. The van der Waals surface area contributed by atoms with E-state index < -0.39 is 17.8 Å². The van der Waals surface area contributed by atoms with Crippen molar-refractivity contribution in [2.24, 2.45) is 17.8 Å². The van der Waals surface area contributed by atoms with Crippen molar-refractivity contribution in [1.82, 2.24) is 0 Å². The van der Waals surface area contributed by atoms with Crippen LogP contribution in [-0.4, -0.2) is 23.6 Å². The summed E-state index contributed by atoms with van der Waals surface area (Å²) in [6.07, 6.45) is 2.96. The minimum Gasteiger partial charge on any atom is -0.491 e. The van der Waals surface area contributed by atoms with E-state index in [0.29, 0.717) is 36.8 Å². The maximum atomic E-state index is 12.5. The van der Waals surface area contributed by atoms with Gasteiger partial charge in [0.05, 0.1) is 24.1 Å². The zero-order valence-electron chi connectivity index (χ0n) is 13.7. The Morgan fingerprint density at radius 2 is 1.87 bits per heavy atom. The number of benzene rings is 1. The molecule has 0 aliphatic heterocycles. The zero-order valence-corrected chi connectivity index (χ0v) is 13.7. The molecule has 1 aromatic carbocycles. The Hall–Kier alpha value is -2.04. The first-order valence-electron chi connectivity index (χ1n) is 8.24. The summed E-state index contributed by atoms with van der Waals surface area (Å²) in [5, 5.41) is 12.2. The predicted octanol–water partition coefficient (Wildman–Crippen LogP) is 3.55. The molecule has 23 heavy (non-hydrogen) atoms. The van der Waals surface area contributed by atoms with Gasteiger partial charge in [-0.25, -0.2) is 0 Å². The number of carboxylic acid groups (broad SMARTS) is 1. The Bertz CT molecular complexity index is 556. The van der Waals surface area contributed by atoms with E-state index in [-0.39, 0.29) is 5.91 Å². The summed E-state index contributed by atoms with van der Waals surface area (Å²) in [6.45, 7) is 4.68. The molecule has 0 aromatic heterocycles. The van der Waals surface area contributed by atoms with Crippen LogP contribution in [0.2, 0.25) is 0 Å². The Morgan fingerprint density at radius 3 is 2.52 bits per heavy atom. The third-order valence-electron chi connectivity index (χ3n) is 4.14.